The fourth-order valence-corrected chi connectivity index (χ4v) is 3.01. The highest BCUT2D eigenvalue weighted by atomic mass is 16.5. The molecule has 1 aromatic heterocycles. The average molecular weight is 405 g/mol. The van der Waals surface area contributed by atoms with Crippen molar-refractivity contribution in [2.24, 2.45) is 0 Å². The molecular weight excluding hydrogens is 382 g/mol. The second-order valence-electron chi connectivity index (χ2n) is 6.56. The van der Waals surface area contributed by atoms with Gasteiger partial charge >= 0.3 is 0 Å². The Hall–Kier alpha value is -3.87. The van der Waals surface area contributed by atoms with Crippen molar-refractivity contribution < 1.29 is 19.1 Å². The summed E-state index contributed by atoms with van der Waals surface area (Å²) in [4.78, 5) is 30.6. The molecule has 7 heteroatoms. The van der Waals surface area contributed by atoms with E-state index in [9.17, 15) is 9.59 Å². The Kier molecular flexibility index (Phi) is 6.64. The number of benzene rings is 2. The van der Waals surface area contributed by atoms with Crippen LogP contribution in [0.15, 0.2) is 66.9 Å². The monoisotopic (exact) mass is 405 g/mol. The van der Waals surface area contributed by atoms with Gasteiger partial charge in [0.2, 0.25) is 0 Å². The van der Waals surface area contributed by atoms with Crippen LogP contribution >= 0.6 is 0 Å². The SMILES string of the molecule is COc1cccc(CN(C)C(=O)c2ccc(NC(=O)c3ccccn3)cc2)c1OC. The van der Waals surface area contributed by atoms with Crippen molar-refractivity contribution in [2.75, 3.05) is 26.6 Å². The van der Waals surface area contributed by atoms with Crippen molar-refractivity contribution in [1.29, 1.82) is 0 Å². The van der Waals surface area contributed by atoms with Crippen LogP contribution in [0.5, 0.6) is 11.5 Å². The first-order valence-electron chi connectivity index (χ1n) is 9.31. The van der Waals surface area contributed by atoms with Gasteiger partial charge in [-0.3, -0.25) is 14.6 Å². The van der Waals surface area contributed by atoms with E-state index < -0.39 is 0 Å². The summed E-state index contributed by atoms with van der Waals surface area (Å²) in [7, 11) is 4.86. The number of amides is 2. The molecule has 0 aliphatic rings. The van der Waals surface area contributed by atoms with Gasteiger partial charge in [-0.05, 0) is 42.5 Å². The smallest absolute Gasteiger partial charge is 0.274 e. The minimum atomic E-state index is -0.308. The summed E-state index contributed by atoms with van der Waals surface area (Å²) in [5, 5.41) is 2.76. The van der Waals surface area contributed by atoms with E-state index in [1.54, 1.807) is 74.8 Å². The lowest BCUT2D eigenvalue weighted by Crippen LogP contribution is -2.26. The number of nitrogens with one attached hydrogen (secondary N) is 1. The second kappa shape index (κ2) is 9.56. The third kappa shape index (κ3) is 4.75. The van der Waals surface area contributed by atoms with E-state index in [0.717, 1.165) is 5.56 Å². The summed E-state index contributed by atoms with van der Waals surface area (Å²) < 4.78 is 10.7. The zero-order valence-corrected chi connectivity index (χ0v) is 17.1. The van der Waals surface area contributed by atoms with Crippen LogP contribution in [0.4, 0.5) is 5.69 Å². The molecule has 2 amide bonds. The maximum atomic E-state index is 12.8. The number of hydrogen-bond donors (Lipinski definition) is 1. The standard InChI is InChI=1S/C23H23N3O4/c1-26(15-17-7-6-9-20(29-2)21(17)30-3)23(28)16-10-12-18(13-11-16)25-22(27)19-8-4-5-14-24-19/h4-14H,15H2,1-3H3,(H,25,27). The molecule has 0 aliphatic heterocycles. The summed E-state index contributed by atoms with van der Waals surface area (Å²) in [5.41, 5.74) is 2.26. The molecule has 0 atom stereocenters. The number of para-hydroxylation sites is 1. The fourth-order valence-electron chi connectivity index (χ4n) is 3.01. The molecule has 3 rings (SSSR count). The Morgan fingerprint density at radius 1 is 0.967 bits per heavy atom. The van der Waals surface area contributed by atoms with E-state index in [-0.39, 0.29) is 11.8 Å². The van der Waals surface area contributed by atoms with Gasteiger partial charge in [0.1, 0.15) is 5.69 Å². The Balaban J connectivity index is 1.68. The molecule has 0 saturated heterocycles. The lowest BCUT2D eigenvalue weighted by atomic mass is 10.1. The molecule has 3 aromatic rings. The first-order chi connectivity index (χ1) is 14.5. The van der Waals surface area contributed by atoms with Crippen molar-refractivity contribution >= 4 is 17.5 Å². The Morgan fingerprint density at radius 3 is 2.37 bits per heavy atom. The quantitative estimate of drug-likeness (QED) is 0.649. The van der Waals surface area contributed by atoms with Gasteiger partial charge in [0.25, 0.3) is 11.8 Å². The lowest BCUT2D eigenvalue weighted by Gasteiger charge is -2.20. The van der Waals surface area contributed by atoms with E-state index in [1.807, 2.05) is 18.2 Å². The molecule has 1 heterocycles. The van der Waals surface area contributed by atoms with Gasteiger partial charge < -0.3 is 19.7 Å². The molecule has 0 spiro atoms. The summed E-state index contributed by atoms with van der Waals surface area (Å²) in [6.07, 6.45) is 1.56. The van der Waals surface area contributed by atoms with Crippen LogP contribution in [0, 0.1) is 0 Å². The third-order valence-corrected chi connectivity index (χ3v) is 4.53. The molecule has 7 nitrogen and oxygen atoms in total. The lowest BCUT2D eigenvalue weighted by molar-refractivity contribution is 0.0784. The van der Waals surface area contributed by atoms with Gasteiger partial charge in [0, 0.05) is 36.6 Å². The largest absolute Gasteiger partial charge is 0.493 e. The number of hydrogen-bond acceptors (Lipinski definition) is 5. The predicted molar refractivity (Wildman–Crippen MR) is 114 cm³/mol. The number of nitrogens with zero attached hydrogens (tertiary/aromatic N) is 2. The van der Waals surface area contributed by atoms with Crippen LogP contribution in [-0.2, 0) is 6.54 Å². The van der Waals surface area contributed by atoms with Gasteiger partial charge in [-0.1, -0.05) is 18.2 Å². The van der Waals surface area contributed by atoms with Crippen LogP contribution in [-0.4, -0.2) is 43.0 Å². The van der Waals surface area contributed by atoms with Crippen molar-refractivity contribution in [1.82, 2.24) is 9.88 Å². The van der Waals surface area contributed by atoms with E-state index >= 15 is 0 Å². The number of aromatic nitrogens is 1. The van der Waals surface area contributed by atoms with Crippen LogP contribution in [0.1, 0.15) is 26.4 Å². The van der Waals surface area contributed by atoms with Gasteiger partial charge in [0.05, 0.1) is 14.2 Å². The van der Waals surface area contributed by atoms with E-state index in [1.165, 1.54) is 0 Å². The van der Waals surface area contributed by atoms with Crippen molar-refractivity contribution in [3.05, 3.63) is 83.7 Å². The molecule has 30 heavy (non-hydrogen) atoms. The predicted octanol–water partition coefficient (Wildman–Crippen LogP) is 3.62. The van der Waals surface area contributed by atoms with Crippen molar-refractivity contribution in [2.45, 2.75) is 6.54 Å². The highest BCUT2D eigenvalue weighted by Crippen LogP contribution is 2.31. The highest BCUT2D eigenvalue weighted by molar-refractivity contribution is 6.03. The van der Waals surface area contributed by atoms with E-state index in [2.05, 4.69) is 10.3 Å². The summed E-state index contributed by atoms with van der Waals surface area (Å²) >= 11 is 0. The van der Waals surface area contributed by atoms with Crippen LogP contribution in [0.2, 0.25) is 0 Å². The Morgan fingerprint density at radius 2 is 1.73 bits per heavy atom. The minimum absolute atomic E-state index is 0.150. The van der Waals surface area contributed by atoms with Gasteiger partial charge in [0.15, 0.2) is 11.5 Å². The molecule has 154 valence electrons. The second-order valence-corrected chi connectivity index (χ2v) is 6.56. The molecule has 2 aromatic carbocycles. The van der Waals surface area contributed by atoms with E-state index in [0.29, 0.717) is 35.0 Å². The maximum absolute atomic E-state index is 12.8. The first-order valence-corrected chi connectivity index (χ1v) is 9.31. The topological polar surface area (TPSA) is 80.8 Å². The summed E-state index contributed by atoms with van der Waals surface area (Å²) in [6, 6.07) is 17.4. The number of carbonyl (C=O) groups excluding carboxylic acids is 2. The van der Waals surface area contributed by atoms with E-state index in [4.69, 9.17) is 9.47 Å². The van der Waals surface area contributed by atoms with Crippen LogP contribution in [0.25, 0.3) is 0 Å². The highest BCUT2D eigenvalue weighted by Gasteiger charge is 2.16. The minimum Gasteiger partial charge on any atom is -0.493 e. The fraction of sp³-hybridized carbons (Fsp3) is 0.174. The van der Waals surface area contributed by atoms with Gasteiger partial charge in [-0.15, -0.1) is 0 Å². The normalized spacial score (nSPS) is 10.2. The maximum Gasteiger partial charge on any atom is 0.274 e. The first kappa shape index (κ1) is 20.9. The number of carbonyl (C=O) groups is 2. The van der Waals surface area contributed by atoms with Crippen LogP contribution in [0.3, 0.4) is 0 Å². The average Bonchev–Trinajstić information content (AvgIpc) is 2.79. The van der Waals surface area contributed by atoms with Gasteiger partial charge in [-0.25, -0.2) is 0 Å². The number of ether oxygens (including phenoxy) is 2. The summed E-state index contributed by atoms with van der Waals surface area (Å²) in [6.45, 7) is 0.359. The number of methoxy groups -OCH3 is 2. The summed E-state index contributed by atoms with van der Waals surface area (Å²) in [5.74, 6) is 0.760. The molecular formula is C23H23N3O4. The number of pyridine rings is 1. The molecule has 0 aliphatic carbocycles. The van der Waals surface area contributed by atoms with Gasteiger partial charge in [-0.2, -0.15) is 0 Å². The Bertz CT molecular complexity index is 1020. The van der Waals surface area contributed by atoms with Crippen LogP contribution < -0.4 is 14.8 Å². The molecule has 0 bridgehead atoms. The van der Waals surface area contributed by atoms with Crippen molar-refractivity contribution in [3.8, 4) is 11.5 Å². The molecule has 0 unspecified atom stereocenters. The zero-order valence-electron chi connectivity index (χ0n) is 17.1. The molecule has 0 radical (unpaired) electrons. The molecule has 0 fully saturated rings. The third-order valence-electron chi connectivity index (χ3n) is 4.53. The van der Waals surface area contributed by atoms with Crippen molar-refractivity contribution in [3.63, 3.8) is 0 Å². The number of rotatable bonds is 7. The molecule has 1 N–H and O–H groups in total. The zero-order chi connectivity index (χ0) is 21.5. The Labute approximate surface area is 175 Å². The number of anilines is 1. The molecule has 0 saturated carbocycles.